The second-order valence-electron chi connectivity index (χ2n) is 5.42. The van der Waals surface area contributed by atoms with Crippen molar-refractivity contribution in [2.24, 2.45) is 4.99 Å². The Morgan fingerprint density at radius 1 is 1.30 bits per heavy atom. The summed E-state index contributed by atoms with van der Waals surface area (Å²) in [6.45, 7) is -0.0138. The molecule has 8 nitrogen and oxygen atoms in total. The van der Waals surface area contributed by atoms with Gasteiger partial charge in [0, 0.05) is 17.8 Å². The Morgan fingerprint density at radius 3 is 2.81 bits per heavy atom. The molecule has 0 unspecified atom stereocenters. The molecule has 0 saturated heterocycles. The summed E-state index contributed by atoms with van der Waals surface area (Å²) in [5.74, 6) is -0.623. The molecule has 0 atom stereocenters. The predicted molar refractivity (Wildman–Crippen MR) is 105 cm³/mol. The van der Waals surface area contributed by atoms with E-state index >= 15 is 0 Å². The van der Waals surface area contributed by atoms with Gasteiger partial charge in [0.1, 0.15) is 6.54 Å². The van der Waals surface area contributed by atoms with Crippen molar-refractivity contribution in [1.82, 2.24) is 0 Å². The lowest BCUT2D eigenvalue weighted by Crippen LogP contribution is -2.31. The molecule has 138 valence electrons. The molecule has 0 aliphatic carbocycles. The molecule has 0 spiro atoms. The fourth-order valence-corrected chi connectivity index (χ4v) is 3.43. The van der Waals surface area contributed by atoms with Gasteiger partial charge in [-0.15, -0.1) is 0 Å². The summed E-state index contributed by atoms with van der Waals surface area (Å²) in [6.07, 6.45) is 0. The normalized spacial score (nSPS) is 13.4. The maximum Gasteiger partial charge on any atom is 0.271 e. The van der Waals surface area contributed by atoms with E-state index in [-0.39, 0.29) is 29.8 Å². The summed E-state index contributed by atoms with van der Waals surface area (Å²) in [6, 6.07) is 12.5. The van der Waals surface area contributed by atoms with E-state index in [0.717, 1.165) is 11.8 Å². The number of amides is 2. The quantitative estimate of drug-likeness (QED) is 0.607. The van der Waals surface area contributed by atoms with E-state index < -0.39 is 4.92 Å². The van der Waals surface area contributed by atoms with E-state index in [1.807, 2.05) is 0 Å². The molecule has 2 aromatic carbocycles. The first-order chi connectivity index (χ1) is 13.0. The zero-order chi connectivity index (χ0) is 19.4. The molecule has 10 heteroatoms. The van der Waals surface area contributed by atoms with Crippen molar-refractivity contribution >= 4 is 57.4 Å². The zero-order valence-corrected chi connectivity index (χ0v) is 15.4. The van der Waals surface area contributed by atoms with Crippen LogP contribution in [-0.2, 0) is 9.59 Å². The molecule has 2 aromatic rings. The lowest BCUT2D eigenvalue weighted by molar-refractivity contribution is -0.384. The number of rotatable bonds is 5. The number of anilines is 2. The highest BCUT2D eigenvalue weighted by atomic mass is 35.5. The fraction of sp³-hybridized carbons (Fsp3) is 0.118. The van der Waals surface area contributed by atoms with Gasteiger partial charge in [-0.1, -0.05) is 41.6 Å². The number of amidine groups is 1. The number of hydrogen-bond donors (Lipinski definition) is 1. The zero-order valence-electron chi connectivity index (χ0n) is 13.8. The lowest BCUT2D eigenvalue weighted by Gasteiger charge is -2.19. The van der Waals surface area contributed by atoms with Crippen molar-refractivity contribution in [3.63, 3.8) is 0 Å². The lowest BCUT2D eigenvalue weighted by atomic mass is 10.3. The van der Waals surface area contributed by atoms with E-state index in [1.165, 1.54) is 23.1 Å². The van der Waals surface area contributed by atoms with Crippen molar-refractivity contribution in [2.45, 2.75) is 0 Å². The first-order valence-electron chi connectivity index (χ1n) is 7.75. The number of nitrogens with one attached hydrogen (secondary N) is 1. The SMILES string of the molecule is O=C(CSC1=NCC(=O)N1c1ccccc1Cl)Nc1cccc([N+](=O)[O-])c1. The molecule has 2 amide bonds. The molecular weight excluding hydrogens is 392 g/mol. The van der Waals surface area contributed by atoms with Crippen LogP contribution in [0.15, 0.2) is 53.5 Å². The third-order valence-electron chi connectivity index (χ3n) is 3.56. The molecule has 0 aromatic heterocycles. The van der Waals surface area contributed by atoms with E-state index in [9.17, 15) is 19.7 Å². The largest absolute Gasteiger partial charge is 0.325 e. The van der Waals surface area contributed by atoms with E-state index in [0.29, 0.717) is 21.6 Å². The third-order valence-corrected chi connectivity index (χ3v) is 4.85. The van der Waals surface area contributed by atoms with Gasteiger partial charge < -0.3 is 5.32 Å². The average molecular weight is 405 g/mol. The smallest absolute Gasteiger partial charge is 0.271 e. The Labute approximate surface area is 163 Å². The molecule has 0 bridgehead atoms. The molecular formula is C17H13ClN4O4S. The van der Waals surface area contributed by atoms with Crippen LogP contribution in [0, 0.1) is 10.1 Å². The van der Waals surface area contributed by atoms with Gasteiger partial charge >= 0.3 is 0 Å². The van der Waals surface area contributed by atoms with Gasteiger partial charge in [0.2, 0.25) is 5.91 Å². The van der Waals surface area contributed by atoms with E-state index in [4.69, 9.17) is 11.6 Å². The first kappa shape index (κ1) is 18.9. The van der Waals surface area contributed by atoms with Crippen LogP contribution >= 0.6 is 23.4 Å². The van der Waals surface area contributed by atoms with Crippen LogP contribution in [0.1, 0.15) is 0 Å². The number of hydrogen-bond acceptors (Lipinski definition) is 6. The number of para-hydroxylation sites is 1. The number of carbonyl (C=O) groups is 2. The van der Waals surface area contributed by atoms with E-state index in [1.54, 1.807) is 30.3 Å². The maximum atomic E-state index is 12.2. The minimum Gasteiger partial charge on any atom is -0.325 e. The molecule has 0 radical (unpaired) electrons. The second kappa shape index (κ2) is 8.19. The summed E-state index contributed by atoms with van der Waals surface area (Å²) >= 11 is 7.24. The van der Waals surface area contributed by atoms with Crippen LogP contribution in [0.25, 0.3) is 0 Å². The third kappa shape index (κ3) is 4.44. The molecule has 3 rings (SSSR count). The summed E-state index contributed by atoms with van der Waals surface area (Å²) in [5.41, 5.74) is 0.713. The Kier molecular flexibility index (Phi) is 5.72. The van der Waals surface area contributed by atoms with Gasteiger partial charge in [0.15, 0.2) is 5.17 Å². The van der Waals surface area contributed by atoms with Crippen LogP contribution in [0.2, 0.25) is 5.02 Å². The van der Waals surface area contributed by atoms with Crippen LogP contribution < -0.4 is 10.2 Å². The Hall–Kier alpha value is -2.91. The van der Waals surface area contributed by atoms with Crippen LogP contribution in [-0.4, -0.2) is 34.2 Å². The van der Waals surface area contributed by atoms with Gasteiger partial charge in [-0.05, 0) is 18.2 Å². The molecule has 0 saturated carbocycles. The minimum atomic E-state index is -0.537. The number of nitro benzene ring substituents is 1. The van der Waals surface area contributed by atoms with Crippen molar-refractivity contribution in [2.75, 3.05) is 22.5 Å². The summed E-state index contributed by atoms with van der Waals surface area (Å²) in [7, 11) is 0. The van der Waals surface area contributed by atoms with Crippen molar-refractivity contribution in [3.8, 4) is 0 Å². The topological polar surface area (TPSA) is 105 Å². The number of thioether (sulfide) groups is 1. The minimum absolute atomic E-state index is 0.0138. The Morgan fingerprint density at radius 2 is 2.07 bits per heavy atom. The van der Waals surface area contributed by atoms with Gasteiger partial charge in [0.05, 0.1) is 21.4 Å². The summed E-state index contributed by atoms with van der Waals surface area (Å²) in [5, 5.41) is 14.2. The number of benzene rings is 2. The summed E-state index contributed by atoms with van der Waals surface area (Å²) < 4.78 is 0. The maximum absolute atomic E-state index is 12.2. The number of nitrogens with zero attached hydrogens (tertiary/aromatic N) is 3. The monoisotopic (exact) mass is 404 g/mol. The molecule has 1 N–H and O–H groups in total. The molecule has 1 aliphatic rings. The molecule has 1 aliphatic heterocycles. The number of carbonyl (C=O) groups excluding carboxylic acids is 2. The van der Waals surface area contributed by atoms with Gasteiger partial charge in [0.25, 0.3) is 11.6 Å². The van der Waals surface area contributed by atoms with Gasteiger partial charge in [-0.2, -0.15) is 0 Å². The highest BCUT2D eigenvalue weighted by molar-refractivity contribution is 8.14. The predicted octanol–water partition coefficient (Wildman–Crippen LogP) is 3.32. The Balaban J connectivity index is 1.64. The Bertz CT molecular complexity index is 950. The van der Waals surface area contributed by atoms with Crippen molar-refractivity contribution in [1.29, 1.82) is 0 Å². The molecule has 27 heavy (non-hydrogen) atoms. The van der Waals surface area contributed by atoms with Crippen molar-refractivity contribution in [3.05, 3.63) is 63.7 Å². The van der Waals surface area contributed by atoms with Gasteiger partial charge in [-0.3, -0.25) is 29.6 Å². The van der Waals surface area contributed by atoms with Crippen LogP contribution in [0.5, 0.6) is 0 Å². The second-order valence-corrected chi connectivity index (χ2v) is 6.77. The molecule has 0 fully saturated rings. The van der Waals surface area contributed by atoms with Crippen LogP contribution in [0.4, 0.5) is 17.1 Å². The number of nitro groups is 1. The number of aliphatic imine (C=N–C) groups is 1. The standard InChI is InChI=1S/C17H13ClN4O4S/c18-13-6-1-2-7-14(13)21-16(24)9-19-17(21)27-10-15(23)20-11-4-3-5-12(8-11)22(25)26/h1-8H,9-10H2,(H,20,23). The van der Waals surface area contributed by atoms with Crippen molar-refractivity contribution < 1.29 is 14.5 Å². The van der Waals surface area contributed by atoms with Gasteiger partial charge in [-0.25, -0.2) is 0 Å². The van der Waals surface area contributed by atoms with E-state index in [2.05, 4.69) is 10.3 Å². The summed E-state index contributed by atoms with van der Waals surface area (Å²) in [4.78, 5) is 40.1. The number of non-ortho nitro benzene ring substituents is 1. The fourth-order valence-electron chi connectivity index (χ4n) is 2.39. The van der Waals surface area contributed by atoms with Crippen LogP contribution in [0.3, 0.4) is 0 Å². The number of halogens is 1. The molecule has 1 heterocycles. The highest BCUT2D eigenvalue weighted by Crippen LogP contribution is 2.30. The average Bonchev–Trinajstić information content (AvgIpc) is 3.01. The highest BCUT2D eigenvalue weighted by Gasteiger charge is 2.29. The first-order valence-corrected chi connectivity index (χ1v) is 9.11.